The number of aryl methyl sites for hydroxylation is 2. The highest BCUT2D eigenvalue weighted by atomic mass is 16.5. The fourth-order valence-electron chi connectivity index (χ4n) is 6.32. The molecule has 0 amide bonds. The molecule has 3 heterocycles. The molecule has 10 heteroatoms. The van der Waals surface area contributed by atoms with Crippen molar-refractivity contribution in [2.45, 2.75) is 51.6 Å². The number of pyridine rings is 1. The van der Waals surface area contributed by atoms with Gasteiger partial charge in [0.2, 0.25) is 0 Å². The monoisotopic (exact) mass is 543 g/mol. The molecule has 1 saturated heterocycles. The Balaban J connectivity index is 1.41. The van der Waals surface area contributed by atoms with Gasteiger partial charge in [-0.3, -0.25) is 9.69 Å². The lowest BCUT2D eigenvalue weighted by Crippen LogP contribution is -2.49. The van der Waals surface area contributed by atoms with E-state index < -0.39 is 0 Å². The zero-order chi connectivity index (χ0) is 27.8. The number of anilines is 1. The maximum absolute atomic E-state index is 13.7. The highest BCUT2D eigenvalue weighted by Crippen LogP contribution is 2.36. The number of benzene rings is 2. The van der Waals surface area contributed by atoms with Gasteiger partial charge in [0.15, 0.2) is 17.3 Å². The molecule has 1 aliphatic carbocycles. The van der Waals surface area contributed by atoms with E-state index >= 15 is 0 Å². The highest BCUT2D eigenvalue weighted by Gasteiger charge is 2.35. The molecule has 6 rings (SSSR count). The Morgan fingerprint density at radius 3 is 2.40 bits per heavy atom. The van der Waals surface area contributed by atoms with Gasteiger partial charge in [0, 0.05) is 48.9 Å². The first-order valence-corrected chi connectivity index (χ1v) is 14.1. The second-order valence-electron chi connectivity index (χ2n) is 11.0. The molecule has 1 N–H and O–H groups in total. The summed E-state index contributed by atoms with van der Waals surface area (Å²) in [5, 5.41) is 14.0. The maximum Gasteiger partial charge on any atom is 0.253 e. The van der Waals surface area contributed by atoms with Crippen LogP contribution in [0.5, 0.6) is 11.5 Å². The van der Waals surface area contributed by atoms with Crippen molar-refractivity contribution in [2.24, 2.45) is 0 Å². The molecule has 2 aliphatic rings. The number of fused-ring (bicyclic) bond motifs is 1. The van der Waals surface area contributed by atoms with E-state index in [0.717, 1.165) is 50.2 Å². The van der Waals surface area contributed by atoms with Gasteiger partial charge in [-0.25, -0.2) is 4.68 Å². The summed E-state index contributed by atoms with van der Waals surface area (Å²) in [6.07, 6.45) is 4.44. The van der Waals surface area contributed by atoms with Crippen LogP contribution in [-0.4, -0.2) is 70.5 Å². The number of methoxy groups -OCH3 is 2. The second-order valence-corrected chi connectivity index (χ2v) is 11.0. The Kier molecular flexibility index (Phi) is 7.18. The molecular weight excluding hydrogens is 506 g/mol. The predicted octanol–water partition coefficient (Wildman–Crippen LogP) is 4.18. The van der Waals surface area contributed by atoms with E-state index in [1.54, 1.807) is 20.3 Å². The average molecular weight is 544 g/mol. The third-order valence-corrected chi connectivity index (χ3v) is 8.49. The number of H-pyrrole nitrogens is 1. The number of hydrogen-bond acceptors (Lipinski definition) is 8. The van der Waals surface area contributed by atoms with Crippen LogP contribution in [0.15, 0.2) is 41.2 Å². The number of piperazine rings is 1. The van der Waals surface area contributed by atoms with E-state index in [1.807, 2.05) is 16.8 Å². The molecule has 0 bridgehead atoms. The number of nitrogens with one attached hydrogen (secondary N) is 1. The summed E-state index contributed by atoms with van der Waals surface area (Å²) in [5.74, 6) is 1.92. The van der Waals surface area contributed by atoms with E-state index in [2.05, 4.69) is 62.4 Å². The number of tetrazole rings is 1. The molecule has 1 atom stereocenters. The molecule has 1 aliphatic heterocycles. The fourth-order valence-corrected chi connectivity index (χ4v) is 6.32. The number of aromatic amines is 1. The summed E-state index contributed by atoms with van der Waals surface area (Å²) in [4.78, 5) is 21.6. The smallest absolute Gasteiger partial charge is 0.253 e. The summed E-state index contributed by atoms with van der Waals surface area (Å²) in [6.45, 7) is 7.55. The molecule has 40 heavy (non-hydrogen) atoms. The third-order valence-electron chi connectivity index (χ3n) is 8.49. The van der Waals surface area contributed by atoms with Gasteiger partial charge in [-0.15, -0.1) is 5.10 Å². The van der Waals surface area contributed by atoms with Crippen LogP contribution in [-0.2, 0) is 0 Å². The largest absolute Gasteiger partial charge is 0.493 e. The zero-order valence-electron chi connectivity index (χ0n) is 23.7. The van der Waals surface area contributed by atoms with Crippen LogP contribution in [0, 0.1) is 13.8 Å². The minimum atomic E-state index is -0.377. The molecular formula is C30H37N7O3. The molecule has 2 aromatic heterocycles. The Morgan fingerprint density at radius 1 is 0.950 bits per heavy atom. The highest BCUT2D eigenvalue weighted by molar-refractivity contribution is 5.83. The average Bonchev–Trinajstić information content (AvgIpc) is 3.67. The maximum atomic E-state index is 13.7. The predicted molar refractivity (Wildman–Crippen MR) is 155 cm³/mol. The quantitative estimate of drug-likeness (QED) is 0.371. The minimum Gasteiger partial charge on any atom is -0.493 e. The normalized spacial score (nSPS) is 17.4. The zero-order valence-corrected chi connectivity index (χ0v) is 23.7. The lowest BCUT2D eigenvalue weighted by molar-refractivity contribution is 0.196. The summed E-state index contributed by atoms with van der Waals surface area (Å²) >= 11 is 0. The van der Waals surface area contributed by atoms with Gasteiger partial charge in [0.25, 0.3) is 5.56 Å². The molecule has 1 saturated carbocycles. The van der Waals surface area contributed by atoms with Gasteiger partial charge in [-0.05, 0) is 66.4 Å². The van der Waals surface area contributed by atoms with Crippen molar-refractivity contribution < 1.29 is 9.47 Å². The first-order chi connectivity index (χ1) is 19.5. The Hall–Kier alpha value is -3.92. The van der Waals surface area contributed by atoms with Gasteiger partial charge in [-0.1, -0.05) is 25.0 Å². The lowest BCUT2D eigenvalue weighted by Gasteiger charge is -2.40. The molecule has 2 fully saturated rings. The number of aromatic nitrogens is 5. The molecule has 0 spiro atoms. The van der Waals surface area contributed by atoms with E-state index in [-0.39, 0.29) is 17.6 Å². The van der Waals surface area contributed by atoms with Crippen molar-refractivity contribution in [3.63, 3.8) is 0 Å². The Bertz CT molecular complexity index is 1570. The lowest BCUT2D eigenvalue weighted by atomic mass is 10.0. The van der Waals surface area contributed by atoms with Crippen LogP contribution < -0.4 is 19.9 Å². The number of rotatable bonds is 7. The van der Waals surface area contributed by atoms with E-state index in [9.17, 15) is 4.79 Å². The molecule has 210 valence electrons. The molecule has 10 nitrogen and oxygen atoms in total. The Morgan fingerprint density at radius 2 is 1.68 bits per heavy atom. The van der Waals surface area contributed by atoms with Gasteiger partial charge >= 0.3 is 0 Å². The molecule has 4 aromatic rings. The van der Waals surface area contributed by atoms with Gasteiger partial charge < -0.3 is 19.4 Å². The van der Waals surface area contributed by atoms with Gasteiger partial charge in [-0.2, -0.15) is 0 Å². The second kappa shape index (κ2) is 10.9. The SMILES string of the molecule is COc1cc2cc([C@@H](c3nnnn3C3CCCC3)N3CCN(c4cc(C)ccc4C)CC3)c(=O)[nH]c2cc1OC. The first-order valence-electron chi connectivity index (χ1n) is 14.1. The van der Waals surface area contributed by atoms with Gasteiger partial charge in [0.1, 0.15) is 6.04 Å². The molecule has 0 radical (unpaired) electrons. The van der Waals surface area contributed by atoms with Crippen LogP contribution in [0.25, 0.3) is 10.9 Å². The van der Waals surface area contributed by atoms with E-state index in [4.69, 9.17) is 9.47 Å². The van der Waals surface area contributed by atoms with E-state index in [0.29, 0.717) is 22.6 Å². The first kappa shape index (κ1) is 26.3. The van der Waals surface area contributed by atoms with Crippen LogP contribution in [0.2, 0.25) is 0 Å². The standard InChI is InChI=1S/C30H37N7O3/c1-19-9-10-20(2)25(15-19)35-11-13-36(14-12-35)28(29-32-33-34-37(29)22-7-5-6-8-22)23-16-21-17-26(39-3)27(40-4)18-24(21)31-30(23)38/h9-10,15-18,22,28H,5-8,11-14H2,1-4H3,(H,31,38)/t28-/m0/s1. The van der Waals surface area contributed by atoms with Crippen molar-refractivity contribution >= 4 is 16.6 Å². The minimum absolute atomic E-state index is 0.150. The summed E-state index contributed by atoms with van der Waals surface area (Å²) in [5.41, 5.74) is 4.98. The topological polar surface area (TPSA) is 101 Å². The fraction of sp³-hybridized carbons (Fsp3) is 0.467. The number of nitrogens with zero attached hydrogens (tertiary/aromatic N) is 6. The van der Waals surface area contributed by atoms with Gasteiger partial charge in [0.05, 0.1) is 25.8 Å². The number of ether oxygens (including phenoxy) is 2. The summed E-state index contributed by atoms with van der Waals surface area (Å²) in [6, 6.07) is 12.2. The molecule has 0 unspecified atom stereocenters. The molecule has 2 aromatic carbocycles. The van der Waals surface area contributed by atoms with Crippen LogP contribution in [0.4, 0.5) is 5.69 Å². The van der Waals surface area contributed by atoms with E-state index in [1.165, 1.54) is 29.7 Å². The number of hydrogen-bond donors (Lipinski definition) is 1. The van der Waals surface area contributed by atoms with Crippen molar-refractivity contribution in [3.8, 4) is 11.5 Å². The van der Waals surface area contributed by atoms with Crippen LogP contribution >= 0.6 is 0 Å². The summed E-state index contributed by atoms with van der Waals surface area (Å²) < 4.78 is 13.0. The van der Waals surface area contributed by atoms with Crippen LogP contribution in [0.1, 0.15) is 60.3 Å². The van der Waals surface area contributed by atoms with Crippen molar-refractivity contribution in [1.29, 1.82) is 0 Å². The summed E-state index contributed by atoms with van der Waals surface area (Å²) in [7, 11) is 3.21. The van der Waals surface area contributed by atoms with Crippen molar-refractivity contribution in [1.82, 2.24) is 30.1 Å². The van der Waals surface area contributed by atoms with Crippen molar-refractivity contribution in [2.75, 3.05) is 45.3 Å². The third kappa shape index (κ3) is 4.81. The Labute approximate surface area is 233 Å². The van der Waals surface area contributed by atoms with Crippen molar-refractivity contribution in [3.05, 3.63) is 69.3 Å². The van der Waals surface area contributed by atoms with Crippen LogP contribution in [0.3, 0.4) is 0 Å².